The normalized spacial score (nSPS) is 12.9. The van der Waals surface area contributed by atoms with Gasteiger partial charge in [-0.15, -0.1) is 0 Å². The van der Waals surface area contributed by atoms with Crippen molar-refractivity contribution in [1.29, 1.82) is 0 Å². The van der Waals surface area contributed by atoms with E-state index in [0.717, 1.165) is 17.2 Å². The molecular formula is C23H22F3N. The maximum Gasteiger partial charge on any atom is 0.416 e. The van der Waals surface area contributed by atoms with Crippen LogP contribution in [0, 0.1) is 0 Å². The molecule has 0 spiro atoms. The van der Waals surface area contributed by atoms with Gasteiger partial charge in [0.1, 0.15) is 0 Å². The van der Waals surface area contributed by atoms with Crippen molar-refractivity contribution in [2.45, 2.75) is 31.6 Å². The Morgan fingerprint density at radius 1 is 0.778 bits per heavy atom. The van der Waals surface area contributed by atoms with E-state index >= 15 is 0 Å². The van der Waals surface area contributed by atoms with Crippen LogP contribution in [-0.2, 0) is 12.6 Å². The molecule has 3 aromatic rings. The highest BCUT2D eigenvalue weighted by molar-refractivity contribution is 5.32. The fraction of sp³-hybridized carbons (Fsp3) is 0.217. The van der Waals surface area contributed by atoms with Crippen LogP contribution in [0.3, 0.4) is 0 Å². The van der Waals surface area contributed by atoms with E-state index in [2.05, 4.69) is 29.6 Å². The second kappa shape index (κ2) is 8.40. The van der Waals surface area contributed by atoms with Gasteiger partial charge in [-0.1, -0.05) is 78.9 Å². The van der Waals surface area contributed by atoms with Gasteiger partial charge in [-0.3, -0.25) is 0 Å². The average molecular weight is 369 g/mol. The molecule has 3 rings (SSSR count). The van der Waals surface area contributed by atoms with Crippen molar-refractivity contribution >= 4 is 0 Å². The van der Waals surface area contributed by atoms with Crippen molar-refractivity contribution in [2.24, 2.45) is 0 Å². The Bertz CT molecular complexity index is 805. The number of halogens is 3. The van der Waals surface area contributed by atoms with Gasteiger partial charge in [0, 0.05) is 6.04 Å². The van der Waals surface area contributed by atoms with Crippen LogP contribution in [0.4, 0.5) is 13.2 Å². The lowest BCUT2D eigenvalue weighted by Gasteiger charge is -2.25. The highest BCUT2D eigenvalue weighted by Gasteiger charge is 2.30. The summed E-state index contributed by atoms with van der Waals surface area (Å²) in [6, 6.07) is 25.7. The van der Waals surface area contributed by atoms with Crippen LogP contribution in [-0.4, -0.2) is 6.04 Å². The second-order valence-corrected chi connectivity index (χ2v) is 6.72. The minimum atomic E-state index is -4.32. The van der Waals surface area contributed by atoms with Gasteiger partial charge in [0.25, 0.3) is 0 Å². The Labute approximate surface area is 157 Å². The number of nitrogens with one attached hydrogen (secondary N) is 1. The van der Waals surface area contributed by atoms with Crippen LogP contribution in [0.1, 0.15) is 35.2 Å². The molecule has 4 heteroatoms. The topological polar surface area (TPSA) is 12.0 Å². The summed E-state index contributed by atoms with van der Waals surface area (Å²) >= 11 is 0. The van der Waals surface area contributed by atoms with E-state index in [9.17, 15) is 13.2 Å². The largest absolute Gasteiger partial charge is 0.416 e. The van der Waals surface area contributed by atoms with Gasteiger partial charge in [0.2, 0.25) is 0 Å². The lowest BCUT2D eigenvalue weighted by molar-refractivity contribution is -0.137. The highest BCUT2D eigenvalue weighted by Crippen LogP contribution is 2.30. The van der Waals surface area contributed by atoms with E-state index in [4.69, 9.17) is 0 Å². The van der Waals surface area contributed by atoms with E-state index in [1.165, 1.54) is 12.1 Å². The van der Waals surface area contributed by atoms with Crippen LogP contribution in [0.2, 0.25) is 0 Å². The van der Waals surface area contributed by atoms with Crippen molar-refractivity contribution in [1.82, 2.24) is 5.32 Å². The summed E-state index contributed by atoms with van der Waals surface area (Å²) in [6.45, 7) is 2.00. The first-order chi connectivity index (χ1) is 12.9. The zero-order valence-corrected chi connectivity index (χ0v) is 15.1. The first-order valence-corrected chi connectivity index (χ1v) is 8.95. The molecule has 0 saturated carbocycles. The summed E-state index contributed by atoms with van der Waals surface area (Å²) in [4.78, 5) is 0. The van der Waals surface area contributed by atoms with Gasteiger partial charge in [0.05, 0.1) is 11.6 Å². The third-order valence-corrected chi connectivity index (χ3v) is 4.51. The van der Waals surface area contributed by atoms with Crippen molar-refractivity contribution < 1.29 is 13.2 Å². The molecule has 1 atom stereocenters. The number of alkyl halides is 3. The Kier molecular flexibility index (Phi) is 5.97. The molecule has 0 aromatic heterocycles. The van der Waals surface area contributed by atoms with E-state index in [0.29, 0.717) is 12.0 Å². The first-order valence-electron chi connectivity index (χ1n) is 8.95. The van der Waals surface area contributed by atoms with Crippen LogP contribution < -0.4 is 5.32 Å². The third kappa shape index (κ3) is 5.20. The zero-order chi connectivity index (χ0) is 19.3. The minimum Gasteiger partial charge on any atom is -0.303 e. The predicted octanol–water partition coefficient (Wildman–Crippen LogP) is 6.02. The molecule has 0 aliphatic heterocycles. The molecule has 0 amide bonds. The Hall–Kier alpha value is -2.59. The molecule has 3 aromatic carbocycles. The molecule has 0 aliphatic carbocycles. The molecule has 0 saturated heterocycles. The molecule has 1 unspecified atom stereocenters. The first kappa shape index (κ1) is 19.2. The van der Waals surface area contributed by atoms with E-state index < -0.39 is 11.7 Å². The van der Waals surface area contributed by atoms with Gasteiger partial charge < -0.3 is 5.32 Å². The SMILES string of the molecule is CC(Cc1cccc(C(F)(F)F)c1)NC(c1ccccc1)c1ccccc1. The van der Waals surface area contributed by atoms with Crippen LogP contribution >= 0.6 is 0 Å². The Morgan fingerprint density at radius 2 is 1.33 bits per heavy atom. The Balaban J connectivity index is 1.78. The summed E-state index contributed by atoms with van der Waals surface area (Å²) in [5.74, 6) is 0. The fourth-order valence-corrected chi connectivity index (χ4v) is 3.25. The molecule has 0 aliphatic rings. The summed E-state index contributed by atoms with van der Waals surface area (Å²) < 4.78 is 38.8. The van der Waals surface area contributed by atoms with Crippen molar-refractivity contribution in [2.75, 3.05) is 0 Å². The van der Waals surface area contributed by atoms with Gasteiger partial charge >= 0.3 is 6.18 Å². The number of hydrogen-bond donors (Lipinski definition) is 1. The molecule has 0 fully saturated rings. The van der Waals surface area contributed by atoms with Gasteiger partial charge in [-0.05, 0) is 36.1 Å². The van der Waals surface area contributed by atoms with Gasteiger partial charge in [0.15, 0.2) is 0 Å². The molecular weight excluding hydrogens is 347 g/mol. The fourth-order valence-electron chi connectivity index (χ4n) is 3.25. The van der Waals surface area contributed by atoms with Crippen molar-refractivity contribution in [3.05, 3.63) is 107 Å². The van der Waals surface area contributed by atoms with Crippen molar-refractivity contribution in [3.8, 4) is 0 Å². The summed E-state index contributed by atoms with van der Waals surface area (Å²) in [5.41, 5.74) is 2.32. The Morgan fingerprint density at radius 3 is 1.85 bits per heavy atom. The van der Waals surface area contributed by atoms with Crippen LogP contribution in [0.25, 0.3) is 0 Å². The quantitative estimate of drug-likeness (QED) is 0.561. The molecule has 0 bridgehead atoms. The maximum absolute atomic E-state index is 12.9. The molecule has 0 heterocycles. The number of benzene rings is 3. The second-order valence-electron chi connectivity index (χ2n) is 6.72. The maximum atomic E-state index is 12.9. The number of hydrogen-bond acceptors (Lipinski definition) is 1. The third-order valence-electron chi connectivity index (χ3n) is 4.51. The molecule has 27 heavy (non-hydrogen) atoms. The summed E-state index contributed by atoms with van der Waals surface area (Å²) in [6.07, 6.45) is -3.80. The molecule has 1 N–H and O–H groups in total. The monoisotopic (exact) mass is 369 g/mol. The smallest absolute Gasteiger partial charge is 0.303 e. The zero-order valence-electron chi connectivity index (χ0n) is 15.1. The van der Waals surface area contributed by atoms with Gasteiger partial charge in [-0.25, -0.2) is 0 Å². The van der Waals surface area contributed by atoms with E-state index in [1.807, 2.05) is 43.3 Å². The van der Waals surface area contributed by atoms with Crippen molar-refractivity contribution in [3.63, 3.8) is 0 Å². The summed E-state index contributed by atoms with van der Waals surface area (Å²) in [7, 11) is 0. The minimum absolute atomic E-state index is 0.00102. The summed E-state index contributed by atoms with van der Waals surface area (Å²) in [5, 5.41) is 3.57. The highest BCUT2D eigenvalue weighted by atomic mass is 19.4. The lowest BCUT2D eigenvalue weighted by Crippen LogP contribution is -2.33. The number of rotatable bonds is 6. The van der Waals surface area contributed by atoms with Crippen LogP contribution in [0.15, 0.2) is 84.9 Å². The van der Waals surface area contributed by atoms with Crippen LogP contribution in [0.5, 0.6) is 0 Å². The standard InChI is InChI=1S/C23H22F3N/c1-17(15-18-9-8-14-21(16-18)23(24,25)26)27-22(19-10-4-2-5-11-19)20-12-6-3-7-13-20/h2-14,16-17,22,27H,15H2,1H3. The molecule has 0 radical (unpaired) electrons. The molecule has 140 valence electrons. The van der Waals surface area contributed by atoms with E-state index in [1.54, 1.807) is 6.07 Å². The lowest BCUT2D eigenvalue weighted by atomic mass is 9.96. The predicted molar refractivity (Wildman–Crippen MR) is 102 cm³/mol. The van der Waals surface area contributed by atoms with E-state index in [-0.39, 0.29) is 12.1 Å². The van der Waals surface area contributed by atoms with Gasteiger partial charge in [-0.2, -0.15) is 13.2 Å². The average Bonchev–Trinajstić information content (AvgIpc) is 2.67. The molecule has 1 nitrogen and oxygen atoms in total.